The van der Waals surface area contributed by atoms with Crippen molar-refractivity contribution >= 4 is 35.2 Å². The van der Waals surface area contributed by atoms with Crippen molar-refractivity contribution in [3.63, 3.8) is 0 Å². The third-order valence-corrected chi connectivity index (χ3v) is 4.38. The maximum absolute atomic E-state index is 11.8. The average Bonchev–Trinajstić information content (AvgIpc) is 2.61. The van der Waals surface area contributed by atoms with E-state index in [1.54, 1.807) is 45.0 Å². The molecule has 0 saturated heterocycles. The highest BCUT2D eigenvalue weighted by Crippen LogP contribution is 2.36. The number of anilines is 1. The zero-order valence-corrected chi connectivity index (χ0v) is 16.7. The van der Waals surface area contributed by atoms with Gasteiger partial charge in [-0.05, 0) is 57.2 Å². The van der Waals surface area contributed by atoms with Gasteiger partial charge in [0, 0.05) is 16.6 Å². The summed E-state index contributed by atoms with van der Waals surface area (Å²) in [5, 5.41) is 14.0. The van der Waals surface area contributed by atoms with Crippen LogP contribution in [0.1, 0.15) is 31.1 Å². The molecule has 0 bridgehead atoms. The number of nitro groups is 1. The molecule has 1 N–H and O–H groups in total. The fraction of sp³-hybridized carbons (Fsp3) is 0.263. The summed E-state index contributed by atoms with van der Waals surface area (Å²) in [4.78, 5) is 35.3. The van der Waals surface area contributed by atoms with Crippen LogP contribution in [-0.2, 0) is 9.47 Å². The van der Waals surface area contributed by atoms with E-state index in [9.17, 15) is 19.7 Å². The Bertz CT molecular complexity index is 890. The summed E-state index contributed by atoms with van der Waals surface area (Å²) in [7, 11) is 1.21. The summed E-state index contributed by atoms with van der Waals surface area (Å²) in [5.41, 5.74) is -0.150. The second kappa shape index (κ2) is 8.75. The maximum atomic E-state index is 11.8. The predicted octanol–water partition coefficient (Wildman–Crippen LogP) is 4.88. The van der Waals surface area contributed by atoms with Gasteiger partial charge in [0.25, 0.3) is 5.69 Å². The lowest BCUT2D eigenvalue weighted by atomic mass is 10.2. The summed E-state index contributed by atoms with van der Waals surface area (Å²) in [6, 6.07) is 10.9. The Morgan fingerprint density at radius 1 is 1.11 bits per heavy atom. The SMILES string of the molecule is COC(=O)c1ccc(Sc2ccc(NC(=O)OC(C)(C)C)cc2)c([N+](=O)[O-])c1. The first-order valence-corrected chi connectivity index (χ1v) is 9.05. The van der Waals surface area contributed by atoms with Crippen molar-refractivity contribution in [3.05, 3.63) is 58.1 Å². The number of benzene rings is 2. The number of nitro benzene ring substituents is 1. The topological polar surface area (TPSA) is 108 Å². The zero-order chi connectivity index (χ0) is 20.9. The lowest BCUT2D eigenvalue weighted by Crippen LogP contribution is -2.27. The van der Waals surface area contributed by atoms with Gasteiger partial charge in [-0.15, -0.1) is 0 Å². The van der Waals surface area contributed by atoms with E-state index in [0.717, 1.165) is 4.90 Å². The third kappa shape index (κ3) is 5.98. The number of ether oxygens (including phenoxy) is 2. The molecule has 0 aliphatic heterocycles. The normalized spacial score (nSPS) is 10.9. The van der Waals surface area contributed by atoms with Crippen LogP contribution in [0.2, 0.25) is 0 Å². The minimum Gasteiger partial charge on any atom is -0.465 e. The fourth-order valence-electron chi connectivity index (χ4n) is 2.15. The summed E-state index contributed by atoms with van der Waals surface area (Å²) >= 11 is 1.17. The van der Waals surface area contributed by atoms with E-state index in [4.69, 9.17) is 4.74 Å². The number of rotatable bonds is 5. The number of hydrogen-bond acceptors (Lipinski definition) is 7. The molecular formula is C19H20N2O6S. The number of hydrogen-bond donors (Lipinski definition) is 1. The number of methoxy groups -OCH3 is 1. The minimum absolute atomic E-state index is 0.107. The number of nitrogens with one attached hydrogen (secondary N) is 1. The molecule has 0 atom stereocenters. The van der Waals surface area contributed by atoms with Gasteiger partial charge in [0.05, 0.1) is 22.5 Å². The number of amides is 1. The van der Waals surface area contributed by atoms with Gasteiger partial charge in [-0.2, -0.15) is 0 Å². The Morgan fingerprint density at radius 3 is 2.29 bits per heavy atom. The van der Waals surface area contributed by atoms with Crippen molar-refractivity contribution in [1.29, 1.82) is 0 Å². The van der Waals surface area contributed by atoms with E-state index in [1.165, 1.54) is 37.1 Å². The van der Waals surface area contributed by atoms with Crippen LogP contribution in [0.4, 0.5) is 16.2 Å². The summed E-state index contributed by atoms with van der Waals surface area (Å²) < 4.78 is 9.77. The Balaban J connectivity index is 2.14. The molecule has 0 radical (unpaired) electrons. The van der Waals surface area contributed by atoms with E-state index >= 15 is 0 Å². The molecule has 0 aliphatic rings. The molecule has 2 aromatic rings. The van der Waals surface area contributed by atoms with Gasteiger partial charge < -0.3 is 9.47 Å². The second-order valence-electron chi connectivity index (χ2n) is 6.68. The molecule has 2 rings (SSSR count). The molecular weight excluding hydrogens is 384 g/mol. The molecule has 28 heavy (non-hydrogen) atoms. The van der Waals surface area contributed by atoms with Crippen molar-refractivity contribution in [3.8, 4) is 0 Å². The minimum atomic E-state index is -0.641. The zero-order valence-electron chi connectivity index (χ0n) is 15.8. The van der Waals surface area contributed by atoms with Crippen molar-refractivity contribution in [1.82, 2.24) is 0 Å². The molecule has 0 saturated carbocycles. The molecule has 8 nitrogen and oxygen atoms in total. The molecule has 0 spiro atoms. The van der Waals surface area contributed by atoms with E-state index < -0.39 is 22.6 Å². The molecule has 0 aliphatic carbocycles. The first-order valence-electron chi connectivity index (χ1n) is 8.24. The highest BCUT2D eigenvalue weighted by atomic mass is 32.2. The molecule has 0 unspecified atom stereocenters. The van der Waals surface area contributed by atoms with Crippen molar-refractivity contribution < 1.29 is 24.0 Å². The second-order valence-corrected chi connectivity index (χ2v) is 7.80. The van der Waals surface area contributed by atoms with Crippen LogP contribution in [0.25, 0.3) is 0 Å². The molecule has 0 fully saturated rings. The summed E-state index contributed by atoms with van der Waals surface area (Å²) in [6.07, 6.45) is -0.568. The van der Waals surface area contributed by atoms with Gasteiger partial charge in [0.15, 0.2) is 0 Å². The maximum Gasteiger partial charge on any atom is 0.412 e. The van der Waals surface area contributed by atoms with Crippen LogP contribution in [0.15, 0.2) is 52.3 Å². The number of esters is 1. The number of carbonyl (C=O) groups is 2. The molecule has 0 heterocycles. The van der Waals surface area contributed by atoms with Crippen molar-refractivity contribution in [2.75, 3.05) is 12.4 Å². The van der Waals surface area contributed by atoms with Crippen molar-refractivity contribution in [2.45, 2.75) is 36.2 Å². The quantitative estimate of drug-likeness (QED) is 0.430. The molecule has 0 aromatic heterocycles. The Hall–Kier alpha value is -3.07. The van der Waals surface area contributed by atoms with E-state index in [-0.39, 0.29) is 11.3 Å². The van der Waals surface area contributed by atoms with E-state index in [0.29, 0.717) is 10.6 Å². The lowest BCUT2D eigenvalue weighted by Gasteiger charge is -2.19. The molecule has 148 valence electrons. The van der Waals surface area contributed by atoms with E-state index in [2.05, 4.69) is 10.1 Å². The van der Waals surface area contributed by atoms with Crippen LogP contribution >= 0.6 is 11.8 Å². The van der Waals surface area contributed by atoms with Crippen LogP contribution < -0.4 is 5.32 Å². The highest BCUT2D eigenvalue weighted by molar-refractivity contribution is 7.99. The van der Waals surface area contributed by atoms with Crippen LogP contribution in [-0.4, -0.2) is 29.7 Å². The monoisotopic (exact) mass is 404 g/mol. The first kappa shape index (κ1) is 21.2. The Labute approximate surface area is 166 Å². The van der Waals surface area contributed by atoms with Crippen LogP contribution in [0.3, 0.4) is 0 Å². The number of carbonyl (C=O) groups excluding carboxylic acids is 2. The lowest BCUT2D eigenvalue weighted by molar-refractivity contribution is -0.387. The highest BCUT2D eigenvalue weighted by Gasteiger charge is 2.19. The summed E-state index contributed by atoms with van der Waals surface area (Å²) in [5.74, 6) is -0.641. The van der Waals surface area contributed by atoms with E-state index in [1.807, 2.05) is 0 Å². The Kier molecular flexibility index (Phi) is 6.63. The average molecular weight is 404 g/mol. The van der Waals surface area contributed by atoms with Crippen LogP contribution in [0.5, 0.6) is 0 Å². The predicted molar refractivity (Wildman–Crippen MR) is 105 cm³/mol. The van der Waals surface area contributed by atoms with Gasteiger partial charge in [-0.3, -0.25) is 15.4 Å². The van der Waals surface area contributed by atoms with Gasteiger partial charge in [0.2, 0.25) is 0 Å². The molecule has 9 heteroatoms. The standard InChI is InChI=1S/C19H20N2O6S/c1-19(2,3)27-18(23)20-13-6-8-14(9-7-13)28-16-10-5-12(17(22)26-4)11-15(16)21(24)25/h5-11H,1-4H3,(H,20,23). The van der Waals surface area contributed by atoms with Gasteiger partial charge in [-0.25, -0.2) is 9.59 Å². The molecule has 1 amide bonds. The third-order valence-electron chi connectivity index (χ3n) is 3.30. The van der Waals surface area contributed by atoms with Gasteiger partial charge >= 0.3 is 12.1 Å². The fourth-order valence-corrected chi connectivity index (χ4v) is 3.05. The number of nitrogens with zero attached hydrogens (tertiary/aromatic N) is 1. The first-order chi connectivity index (χ1) is 13.1. The largest absolute Gasteiger partial charge is 0.465 e. The van der Waals surface area contributed by atoms with Crippen LogP contribution in [0, 0.1) is 10.1 Å². The van der Waals surface area contributed by atoms with Gasteiger partial charge in [0.1, 0.15) is 5.60 Å². The smallest absolute Gasteiger partial charge is 0.412 e. The Morgan fingerprint density at radius 2 is 1.75 bits per heavy atom. The van der Waals surface area contributed by atoms with Crippen molar-refractivity contribution in [2.24, 2.45) is 0 Å². The summed E-state index contributed by atoms with van der Waals surface area (Å²) in [6.45, 7) is 5.31. The molecule has 2 aromatic carbocycles. The van der Waals surface area contributed by atoms with Gasteiger partial charge in [-0.1, -0.05) is 11.8 Å².